The zero-order valence-corrected chi connectivity index (χ0v) is 12.6. The predicted molar refractivity (Wildman–Crippen MR) is 90.1 cm³/mol. The minimum absolute atomic E-state index is 0.115. The molecule has 0 saturated carbocycles. The summed E-state index contributed by atoms with van der Waals surface area (Å²) >= 11 is 0. The number of amides is 2. The van der Waals surface area contributed by atoms with Gasteiger partial charge < -0.3 is 16.0 Å². The third-order valence-corrected chi connectivity index (χ3v) is 4.06. The van der Waals surface area contributed by atoms with Gasteiger partial charge in [-0.05, 0) is 29.8 Å². The highest BCUT2D eigenvalue weighted by molar-refractivity contribution is 6.32. The number of hydrogen-bond acceptors (Lipinski definition) is 3. The molecule has 23 heavy (non-hydrogen) atoms. The molecule has 5 heteroatoms. The number of rotatable bonds is 1. The molecule has 0 bridgehead atoms. The van der Waals surface area contributed by atoms with Crippen LogP contribution in [0.15, 0.2) is 48.2 Å². The smallest absolute Gasteiger partial charge is 0.258 e. The number of hydrogen-bond donors (Lipinski definition) is 3. The molecule has 2 aliphatic heterocycles. The van der Waals surface area contributed by atoms with Gasteiger partial charge in [0, 0.05) is 36.0 Å². The molecule has 0 spiro atoms. The molecule has 2 aromatic carbocycles. The standard InChI is InChI=1S/C18H15N3O2/c1-10(22)19-12-6-7-13-15(9-12)21-18(23)17(13)16-8-11-4-2-3-5-14(11)20-16/h2-7,9,20H,8H2,1H3,(H,19,22)(H,21,23)/b17-16-. The molecule has 2 amide bonds. The molecule has 0 fully saturated rings. The molecule has 0 saturated heterocycles. The van der Waals surface area contributed by atoms with Crippen LogP contribution in [0, 0.1) is 0 Å². The quantitative estimate of drug-likeness (QED) is 0.709. The fraction of sp³-hybridized carbons (Fsp3) is 0.111. The minimum Gasteiger partial charge on any atom is -0.358 e. The van der Waals surface area contributed by atoms with Crippen LogP contribution < -0.4 is 16.0 Å². The summed E-state index contributed by atoms with van der Waals surface area (Å²) < 4.78 is 0. The average Bonchev–Trinajstić information content (AvgIpc) is 3.05. The summed E-state index contributed by atoms with van der Waals surface area (Å²) in [5.41, 5.74) is 6.07. The van der Waals surface area contributed by atoms with Crippen LogP contribution in [0.2, 0.25) is 0 Å². The SMILES string of the molecule is CC(=O)Nc1ccc2c(c1)NC(=O)/C2=C1/Cc2ccccc2N1. The second kappa shape index (κ2) is 4.98. The minimum atomic E-state index is -0.138. The fourth-order valence-electron chi connectivity index (χ4n) is 3.10. The molecule has 0 atom stereocenters. The lowest BCUT2D eigenvalue weighted by atomic mass is 10.0. The van der Waals surface area contributed by atoms with Gasteiger partial charge in [0.2, 0.25) is 5.91 Å². The Hall–Kier alpha value is -3.08. The van der Waals surface area contributed by atoms with Crippen molar-refractivity contribution in [1.29, 1.82) is 0 Å². The highest BCUT2D eigenvalue weighted by Gasteiger charge is 2.30. The number of carbonyl (C=O) groups is 2. The van der Waals surface area contributed by atoms with Crippen LogP contribution in [-0.2, 0) is 16.0 Å². The summed E-state index contributed by atoms with van der Waals surface area (Å²) in [7, 11) is 0. The molecule has 0 aromatic heterocycles. The van der Waals surface area contributed by atoms with Crippen molar-refractivity contribution < 1.29 is 9.59 Å². The third-order valence-electron chi connectivity index (χ3n) is 4.06. The lowest BCUT2D eigenvalue weighted by Crippen LogP contribution is -2.08. The molecular weight excluding hydrogens is 290 g/mol. The summed E-state index contributed by atoms with van der Waals surface area (Å²) in [6.07, 6.45) is 0.714. The van der Waals surface area contributed by atoms with Crippen LogP contribution in [0.3, 0.4) is 0 Å². The summed E-state index contributed by atoms with van der Waals surface area (Å²) in [5, 5.41) is 8.95. The maximum absolute atomic E-state index is 12.4. The van der Waals surface area contributed by atoms with Crippen molar-refractivity contribution in [2.24, 2.45) is 0 Å². The molecule has 0 unspecified atom stereocenters. The number of fused-ring (bicyclic) bond motifs is 2. The summed E-state index contributed by atoms with van der Waals surface area (Å²) in [5.74, 6) is -0.254. The van der Waals surface area contributed by atoms with Crippen LogP contribution in [0.1, 0.15) is 18.1 Å². The molecule has 2 heterocycles. The third kappa shape index (κ3) is 2.26. The lowest BCUT2D eigenvalue weighted by molar-refractivity contribution is -0.114. The van der Waals surface area contributed by atoms with Gasteiger partial charge in [-0.3, -0.25) is 9.59 Å². The van der Waals surface area contributed by atoms with Gasteiger partial charge in [0.1, 0.15) is 0 Å². The van der Waals surface area contributed by atoms with Crippen molar-refractivity contribution in [3.63, 3.8) is 0 Å². The molecule has 5 nitrogen and oxygen atoms in total. The zero-order chi connectivity index (χ0) is 16.0. The molecule has 0 aliphatic carbocycles. The number of carbonyl (C=O) groups excluding carboxylic acids is 2. The van der Waals surface area contributed by atoms with Gasteiger partial charge in [-0.15, -0.1) is 0 Å². The normalized spacial score (nSPS) is 18.0. The van der Waals surface area contributed by atoms with E-state index in [-0.39, 0.29) is 11.8 Å². The highest BCUT2D eigenvalue weighted by atomic mass is 16.2. The first-order chi connectivity index (χ1) is 11.1. The van der Waals surface area contributed by atoms with Crippen molar-refractivity contribution in [2.45, 2.75) is 13.3 Å². The molecule has 4 rings (SSSR count). The Morgan fingerprint density at radius 2 is 1.91 bits per heavy atom. The largest absolute Gasteiger partial charge is 0.358 e. The number of nitrogens with one attached hydrogen (secondary N) is 3. The Balaban J connectivity index is 1.75. The van der Waals surface area contributed by atoms with Crippen LogP contribution in [0.25, 0.3) is 5.57 Å². The van der Waals surface area contributed by atoms with Crippen molar-refractivity contribution in [3.05, 3.63) is 59.3 Å². The van der Waals surface area contributed by atoms with Gasteiger partial charge in [0.15, 0.2) is 0 Å². The van der Waals surface area contributed by atoms with E-state index in [1.54, 1.807) is 6.07 Å². The summed E-state index contributed by atoms with van der Waals surface area (Å²) in [6, 6.07) is 13.5. The second-order valence-corrected chi connectivity index (χ2v) is 5.71. The van der Waals surface area contributed by atoms with Gasteiger partial charge in [0.25, 0.3) is 5.91 Å². The van der Waals surface area contributed by atoms with Crippen LogP contribution >= 0.6 is 0 Å². The van der Waals surface area contributed by atoms with E-state index >= 15 is 0 Å². The summed E-state index contributed by atoms with van der Waals surface area (Å²) in [6.45, 7) is 1.46. The van der Waals surface area contributed by atoms with Crippen molar-refractivity contribution in [2.75, 3.05) is 16.0 Å². The highest BCUT2D eigenvalue weighted by Crippen LogP contribution is 2.39. The van der Waals surface area contributed by atoms with Gasteiger partial charge in [0.05, 0.1) is 11.3 Å². The predicted octanol–water partition coefficient (Wildman–Crippen LogP) is 2.98. The van der Waals surface area contributed by atoms with Gasteiger partial charge in [-0.2, -0.15) is 0 Å². The number of anilines is 3. The van der Waals surface area contributed by atoms with Gasteiger partial charge >= 0.3 is 0 Å². The van der Waals surface area contributed by atoms with E-state index in [0.717, 1.165) is 22.6 Å². The summed E-state index contributed by atoms with van der Waals surface area (Å²) in [4.78, 5) is 23.6. The van der Waals surface area contributed by atoms with Crippen LogP contribution in [0.5, 0.6) is 0 Å². The molecular formula is C18H15N3O2. The van der Waals surface area contributed by atoms with Crippen LogP contribution in [0.4, 0.5) is 17.1 Å². The van der Waals surface area contributed by atoms with Crippen LogP contribution in [-0.4, -0.2) is 11.8 Å². The molecule has 2 aromatic rings. The van der Waals surface area contributed by atoms with E-state index in [9.17, 15) is 9.59 Å². The molecule has 0 radical (unpaired) electrons. The van der Waals surface area contributed by atoms with E-state index in [1.807, 2.05) is 30.3 Å². The van der Waals surface area contributed by atoms with E-state index in [1.165, 1.54) is 12.5 Å². The molecule has 3 N–H and O–H groups in total. The molecule has 114 valence electrons. The first-order valence-electron chi connectivity index (χ1n) is 7.43. The average molecular weight is 305 g/mol. The Kier molecular flexibility index (Phi) is 2.94. The number of benzene rings is 2. The first-order valence-corrected chi connectivity index (χ1v) is 7.43. The van der Waals surface area contributed by atoms with Crippen molar-refractivity contribution in [3.8, 4) is 0 Å². The Bertz CT molecular complexity index is 857. The zero-order valence-electron chi connectivity index (χ0n) is 12.6. The maximum atomic E-state index is 12.4. The fourth-order valence-corrected chi connectivity index (χ4v) is 3.10. The maximum Gasteiger partial charge on any atom is 0.258 e. The van der Waals surface area contributed by atoms with E-state index in [2.05, 4.69) is 22.0 Å². The van der Waals surface area contributed by atoms with E-state index in [4.69, 9.17) is 0 Å². The topological polar surface area (TPSA) is 70.2 Å². The number of para-hydroxylation sites is 1. The Morgan fingerprint density at radius 1 is 1.09 bits per heavy atom. The number of allylic oxidation sites excluding steroid dienone is 1. The van der Waals surface area contributed by atoms with Gasteiger partial charge in [-0.25, -0.2) is 0 Å². The second-order valence-electron chi connectivity index (χ2n) is 5.71. The van der Waals surface area contributed by atoms with Crippen molar-refractivity contribution >= 4 is 34.4 Å². The Labute approximate surface area is 133 Å². The van der Waals surface area contributed by atoms with Gasteiger partial charge in [-0.1, -0.05) is 18.2 Å². The lowest BCUT2D eigenvalue weighted by Gasteiger charge is -2.06. The van der Waals surface area contributed by atoms with E-state index in [0.29, 0.717) is 17.7 Å². The van der Waals surface area contributed by atoms with Crippen molar-refractivity contribution in [1.82, 2.24) is 0 Å². The Morgan fingerprint density at radius 3 is 2.70 bits per heavy atom. The monoisotopic (exact) mass is 305 g/mol. The first kappa shape index (κ1) is 13.6. The van der Waals surface area contributed by atoms with E-state index < -0.39 is 0 Å². The molecule has 2 aliphatic rings.